The highest BCUT2D eigenvalue weighted by Gasteiger charge is 2.54. The van der Waals surface area contributed by atoms with Gasteiger partial charge in [0.2, 0.25) is 0 Å². The van der Waals surface area contributed by atoms with Gasteiger partial charge in [0, 0.05) is 12.0 Å². The molecule has 1 aliphatic heterocycles. The lowest BCUT2D eigenvalue weighted by molar-refractivity contribution is -0.0336. The minimum absolute atomic E-state index is 0.117. The number of para-hydroxylation sites is 1. The lowest BCUT2D eigenvalue weighted by Gasteiger charge is -2.44. The Bertz CT molecular complexity index is 1290. The van der Waals surface area contributed by atoms with E-state index >= 15 is 0 Å². The van der Waals surface area contributed by atoms with Crippen LogP contribution in [0.1, 0.15) is 52.5 Å². The van der Waals surface area contributed by atoms with E-state index in [1.54, 1.807) is 23.5 Å². The van der Waals surface area contributed by atoms with Crippen LogP contribution in [0, 0.1) is 0 Å². The standard InChI is InChI=1S/C28H29N3O3S/c1-2-33-26-25(30-27(32)22-11-7-17-34-22)19-8-3-4-9-20(19)28(26)13-15-31(16-14-28)18-24-29-21-10-5-6-12-23(21)35-24/h3-12,17,25-26H,2,13-16,18H2,1H3,(H,30,32)/t25-,26+/m0/s1. The fourth-order valence-electron chi connectivity index (χ4n) is 5.91. The first kappa shape index (κ1) is 22.5. The normalized spacial score (nSPS) is 21.4. The van der Waals surface area contributed by atoms with Gasteiger partial charge in [0.15, 0.2) is 5.76 Å². The zero-order valence-electron chi connectivity index (χ0n) is 19.8. The molecule has 180 valence electrons. The maximum Gasteiger partial charge on any atom is 0.287 e. The predicted octanol–water partition coefficient (Wildman–Crippen LogP) is 5.31. The highest BCUT2D eigenvalue weighted by Crippen LogP contribution is 2.52. The molecule has 2 aromatic carbocycles. The van der Waals surface area contributed by atoms with Gasteiger partial charge in [-0.1, -0.05) is 36.4 Å². The van der Waals surface area contributed by atoms with E-state index in [0.717, 1.165) is 43.6 Å². The van der Waals surface area contributed by atoms with E-state index in [2.05, 4.69) is 52.7 Å². The van der Waals surface area contributed by atoms with Gasteiger partial charge in [0.05, 0.1) is 35.2 Å². The van der Waals surface area contributed by atoms with E-state index in [-0.39, 0.29) is 23.5 Å². The molecule has 6 rings (SSSR count). The third-order valence-electron chi connectivity index (χ3n) is 7.50. The third-order valence-corrected chi connectivity index (χ3v) is 8.52. The van der Waals surface area contributed by atoms with Gasteiger partial charge in [-0.15, -0.1) is 11.3 Å². The number of fused-ring (bicyclic) bond motifs is 3. The van der Waals surface area contributed by atoms with E-state index in [0.29, 0.717) is 12.4 Å². The number of hydrogen-bond donors (Lipinski definition) is 1. The van der Waals surface area contributed by atoms with Crippen LogP contribution in [0.25, 0.3) is 10.2 Å². The molecular weight excluding hydrogens is 458 g/mol. The lowest BCUT2D eigenvalue weighted by Crippen LogP contribution is -2.50. The van der Waals surface area contributed by atoms with Crippen LogP contribution < -0.4 is 5.32 Å². The molecule has 0 radical (unpaired) electrons. The number of rotatable bonds is 6. The lowest BCUT2D eigenvalue weighted by atomic mass is 9.72. The fourth-order valence-corrected chi connectivity index (χ4v) is 6.92. The minimum Gasteiger partial charge on any atom is -0.459 e. The number of nitrogens with one attached hydrogen (secondary N) is 1. The summed E-state index contributed by atoms with van der Waals surface area (Å²) < 4.78 is 13.0. The molecule has 1 fully saturated rings. The van der Waals surface area contributed by atoms with Gasteiger partial charge in [0.25, 0.3) is 5.91 Å². The maximum absolute atomic E-state index is 12.9. The number of thiazole rings is 1. The molecule has 0 saturated carbocycles. The van der Waals surface area contributed by atoms with Crippen LogP contribution >= 0.6 is 11.3 Å². The summed E-state index contributed by atoms with van der Waals surface area (Å²) in [5.41, 5.74) is 3.42. The second kappa shape index (κ2) is 9.22. The number of benzene rings is 2. The van der Waals surface area contributed by atoms with Crippen LogP contribution in [0.4, 0.5) is 0 Å². The van der Waals surface area contributed by atoms with E-state index < -0.39 is 0 Å². The summed E-state index contributed by atoms with van der Waals surface area (Å²) in [5.74, 6) is 0.120. The Kier molecular flexibility index (Phi) is 5.92. The molecule has 7 heteroatoms. The van der Waals surface area contributed by atoms with Crippen LogP contribution in [0.15, 0.2) is 71.3 Å². The summed E-state index contributed by atoms with van der Waals surface area (Å²) in [6, 6.07) is 20.1. The molecule has 4 aromatic rings. The molecule has 0 unspecified atom stereocenters. The summed E-state index contributed by atoms with van der Waals surface area (Å²) in [6.45, 7) is 5.43. The topological polar surface area (TPSA) is 67.6 Å². The van der Waals surface area contributed by atoms with Gasteiger partial charge in [-0.25, -0.2) is 4.98 Å². The summed E-state index contributed by atoms with van der Waals surface area (Å²) in [4.78, 5) is 20.3. The zero-order valence-corrected chi connectivity index (χ0v) is 20.6. The minimum atomic E-state index is -0.209. The first-order valence-corrected chi connectivity index (χ1v) is 13.1. The van der Waals surface area contributed by atoms with Crippen LogP contribution in [-0.4, -0.2) is 41.6 Å². The van der Waals surface area contributed by atoms with Crippen molar-refractivity contribution >= 4 is 27.5 Å². The van der Waals surface area contributed by atoms with Crippen LogP contribution in [0.3, 0.4) is 0 Å². The number of aromatic nitrogens is 1. The van der Waals surface area contributed by atoms with Crippen molar-refractivity contribution in [2.45, 2.75) is 43.9 Å². The fraction of sp³-hybridized carbons (Fsp3) is 0.357. The summed E-state index contributed by atoms with van der Waals surface area (Å²) in [6.07, 6.45) is 3.37. The molecule has 6 nitrogen and oxygen atoms in total. The summed E-state index contributed by atoms with van der Waals surface area (Å²) in [5, 5.41) is 4.40. The van der Waals surface area contributed by atoms with Gasteiger partial charge >= 0.3 is 0 Å². The molecule has 35 heavy (non-hydrogen) atoms. The van der Waals surface area contributed by atoms with Gasteiger partial charge in [-0.2, -0.15) is 0 Å². The van der Waals surface area contributed by atoms with E-state index in [4.69, 9.17) is 14.1 Å². The molecule has 2 aliphatic rings. The van der Waals surface area contributed by atoms with E-state index in [9.17, 15) is 4.79 Å². The molecule has 1 aliphatic carbocycles. The highest BCUT2D eigenvalue weighted by molar-refractivity contribution is 7.18. The highest BCUT2D eigenvalue weighted by atomic mass is 32.1. The van der Waals surface area contributed by atoms with E-state index in [1.165, 1.54) is 21.5 Å². The molecule has 1 amide bonds. The van der Waals surface area contributed by atoms with Crippen molar-refractivity contribution in [3.05, 3.63) is 88.8 Å². The Morgan fingerprint density at radius 1 is 1.14 bits per heavy atom. The Balaban J connectivity index is 1.25. The van der Waals surface area contributed by atoms with Crippen molar-refractivity contribution in [3.8, 4) is 0 Å². The Morgan fingerprint density at radius 3 is 2.71 bits per heavy atom. The van der Waals surface area contributed by atoms with Crippen molar-refractivity contribution in [3.63, 3.8) is 0 Å². The maximum atomic E-state index is 12.9. The summed E-state index contributed by atoms with van der Waals surface area (Å²) in [7, 11) is 0. The number of likely N-dealkylation sites (tertiary alicyclic amines) is 1. The number of hydrogen-bond acceptors (Lipinski definition) is 6. The Morgan fingerprint density at radius 2 is 1.94 bits per heavy atom. The SMILES string of the molecule is CCO[C@@H]1[C@@H](NC(=O)c2ccco2)c2ccccc2C12CCN(Cc1nc3ccccc3s1)CC2. The first-order valence-electron chi connectivity index (χ1n) is 12.3. The molecule has 1 N–H and O–H groups in total. The number of piperidine rings is 1. The number of carbonyl (C=O) groups is 1. The van der Waals surface area contributed by atoms with Crippen molar-refractivity contribution < 1.29 is 13.9 Å². The molecule has 1 spiro atoms. The van der Waals surface area contributed by atoms with Crippen molar-refractivity contribution in [1.29, 1.82) is 0 Å². The zero-order chi connectivity index (χ0) is 23.8. The molecule has 0 bridgehead atoms. The van der Waals surface area contributed by atoms with Crippen LogP contribution in [0.5, 0.6) is 0 Å². The average Bonchev–Trinajstić information content (AvgIpc) is 3.61. The molecule has 2 aromatic heterocycles. The largest absolute Gasteiger partial charge is 0.459 e. The van der Waals surface area contributed by atoms with Crippen molar-refractivity contribution in [2.75, 3.05) is 19.7 Å². The number of furan rings is 1. The molecule has 2 atom stereocenters. The average molecular weight is 488 g/mol. The van der Waals surface area contributed by atoms with Gasteiger partial charge in [-0.3, -0.25) is 9.69 Å². The second-order valence-electron chi connectivity index (χ2n) is 9.40. The van der Waals surface area contributed by atoms with Gasteiger partial charge in [0.1, 0.15) is 5.01 Å². The smallest absolute Gasteiger partial charge is 0.287 e. The van der Waals surface area contributed by atoms with Crippen LogP contribution in [0.2, 0.25) is 0 Å². The first-order chi connectivity index (χ1) is 17.2. The van der Waals surface area contributed by atoms with Gasteiger partial charge in [-0.05, 0) is 68.2 Å². The summed E-state index contributed by atoms with van der Waals surface area (Å²) >= 11 is 1.78. The third kappa shape index (κ3) is 3.97. The second-order valence-corrected chi connectivity index (χ2v) is 10.5. The molecule has 3 heterocycles. The van der Waals surface area contributed by atoms with Crippen molar-refractivity contribution in [1.82, 2.24) is 15.2 Å². The Hall–Kier alpha value is -3.00. The molecular formula is C28H29N3O3S. The quantitative estimate of drug-likeness (QED) is 0.399. The number of carbonyl (C=O) groups excluding carboxylic acids is 1. The predicted molar refractivity (Wildman–Crippen MR) is 137 cm³/mol. The Labute approximate surface area is 208 Å². The van der Waals surface area contributed by atoms with Gasteiger partial charge < -0.3 is 14.5 Å². The van der Waals surface area contributed by atoms with Crippen LogP contribution in [-0.2, 0) is 16.7 Å². The number of nitrogens with zero attached hydrogens (tertiary/aromatic N) is 2. The van der Waals surface area contributed by atoms with E-state index in [1.807, 2.05) is 13.0 Å². The number of ether oxygens (including phenoxy) is 1. The number of amides is 1. The molecule has 1 saturated heterocycles. The van der Waals surface area contributed by atoms with Crippen molar-refractivity contribution in [2.24, 2.45) is 0 Å². The monoisotopic (exact) mass is 487 g/mol.